The molecule has 1 fully saturated rings. The van der Waals surface area contributed by atoms with Crippen molar-refractivity contribution in [2.45, 2.75) is 32.4 Å². The smallest absolute Gasteiger partial charge is 0.317 e. The molecular weight excluding hydrogens is 315 g/mol. The third kappa shape index (κ3) is 3.82. The number of hydrogen-bond donors (Lipinski definition) is 1. The highest BCUT2D eigenvalue weighted by Crippen LogP contribution is 2.31. The largest absolute Gasteiger partial charge is 0.322 e. The zero-order valence-electron chi connectivity index (χ0n) is 12.9. The van der Waals surface area contributed by atoms with Gasteiger partial charge in [0.05, 0.1) is 6.54 Å². The van der Waals surface area contributed by atoms with Gasteiger partial charge in [0.2, 0.25) is 0 Å². The Bertz CT molecular complexity index is 710. The van der Waals surface area contributed by atoms with E-state index in [0.717, 1.165) is 24.1 Å². The fraction of sp³-hybridized carbons (Fsp3) is 0.278. The lowest BCUT2D eigenvalue weighted by Gasteiger charge is -2.24. The van der Waals surface area contributed by atoms with Gasteiger partial charge < -0.3 is 10.2 Å². The normalized spacial score (nSPS) is 13.7. The van der Waals surface area contributed by atoms with Gasteiger partial charge in [0.15, 0.2) is 0 Å². The van der Waals surface area contributed by atoms with Crippen molar-refractivity contribution >= 4 is 23.3 Å². The van der Waals surface area contributed by atoms with Crippen LogP contribution in [0.2, 0.25) is 5.02 Å². The van der Waals surface area contributed by atoms with E-state index in [0.29, 0.717) is 10.6 Å². The number of anilines is 1. The first kappa shape index (κ1) is 15.8. The Balaban J connectivity index is 1.78. The molecule has 1 aliphatic rings. The van der Waals surface area contributed by atoms with Gasteiger partial charge in [-0.15, -0.1) is 0 Å². The van der Waals surface area contributed by atoms with Crippen LogP contribution in [-0.4, -0.2) is 17.0 Å². The zero-order valence-corrected chi connectivity index (χ0v) is 13.6. The highest BCUT2D eigenvalue weighted by Gasteiger charge is 2.33. The summed E-state index contributed by atoms with van der Waals surface area (Å²) in [5.41, 5.74) is 2.17. The second kappa shape index (κ2) is 6.59. The topological polar surface area (TPSA) is 32.3 Å². The molecule has 1 saturated carbocycles. The molecule has 0 unspecified atom stereocenters. The van der Waals surface area contributed by atoms with E-state index in [1.54, 1.807) is 17.0 Å². The molecule has 0 aliphatic heterocycles. The van der Waals surface area contributed by atoms with Crippen LogP contribution in [0, 0.1) is 12.7 Å². The zero-order chi connectivity index (χ0) is 16.4. The molecule has 0 atom stereocenters. The van der Waals surface area contributed by atoms with Crippen LogP contribution in [0.3, 0.4) is 0 Å². The number of carbonyl (C=O) groups is 1. The number of benzene rings is 2. The van der Waals surface area contributed by atoms with Crippen molar-refractivity contribution in [3.05, 3.63) is 64.4 Å². The number of amides is 2. The van der Waals surface area contributed by atoms with Gasteiger partial charge in [-0.1, -0.05) is 29.8 Å². The summed E-state index contributed by atoms with van der Waals surface area (Å²) in [5.74, 6) is -0.383. The summed E-state index contributed by atoms with van der Waals surface area (Å²) in [5, 5.41) is 3.23. The molecule has 2 amide bonds. The van der Waals surface area contributed by atoms with E-state index in [1.807, 2.05) is 31.2 Å². The molecule has 23 heavy (non-hydrogen) atoms. The number of aryl methyl sites for hydroxylation is 1. The summed E-state index contributed by atoms with van der Waals surface area (Å²) in [7, 11) is 0. The van der Waals surface area contributed by atoms with Crippen LogP contribution in [0.15, 0.2) is 42.5 Å². The van der Waals surface area contributed by atoms with Crippen molar-refractivity contribution in [1.29, 1.82) is 0 Å². The Labute approximate surface area is 140 Å². The van der Waals surface area contributed by atoms with Crippen LogP contribution in [0.5, 0.6) is 0 Å². The number of rotatable bonds is 4. The Morgan fingerprint density at radius 1 is 1.30 bits per heavy atom. The Morgan fingerprint density at radius 3 is 2.70 bits per heavy atom. The summed E-state index contributed by atoms with van der Waals surface area (Å²) in [4.78, 5) is 14.2. The first-order chi connectivity index (χ1) is 11.0. The van der Waals surface area contributed by atoms with Crippen LogP contribution in [-0.2, 0) is 6.54 Å². The van der Waals surface area contributed by atoms with Gasteiger partial charge >= 0.3 is 6.03 Å². The van der Waals surface area contributed by atoms with Crippen molar-refractivity contribution in [3.63, 3.8) is 0 Å². The molecule has 0 saturated heterocycles. The molecule has 0 heterocycles. The lowest BCUT2D eigenvalue weighted by molar-refractivity contribution is 0.205. The first-order valence-electron chi connectivity index (χ1n) is 7.62. The first-order valence-corrected chi connectivity index (χ1v) is 7.99. The van der Waals surface area contributed by atoms with Crippen molar-refractivity contribution in [3.8, 4) is 0 Å². The quantitative estimate of drug-likeness (QED) is 0.841. The molecule has 2 aromatic carbocycles. The summed E-state index contributed by atoms with van der Waals surface area (Å²) >= 11 is 6.09. The van der Waals surface area contributed by atoms with E-state index in [-0.39, 0.29) is 24.4 Å². The molecule has 0 radical (unpaired) electrons. The number of nitrogens with one attached hydrogen (secondary N) is 1. The number of nitrogens with zero attached hydrogens (tertiary/aromatic N) is 1. The number of hydrogen-bond acceptors (Lipinski definition) is 1. The molecular formula is C18H18ClFN2O. The van der Waals surface area contributed by atoms with E-state index in [4.69, 9.17) is 11.6 Å². The number of halogens is 2. The minimum absolute atomic E-state index is 0.149. The minimum atomic E-state index is -0.383. The maximum absolute atomic E-state index is 14.0. The second-order valence-electron chi connectivity index (χ2n) is 5.86. The summed E-state index contributed by atoms with van der Waals surface area (Å²) < 4.78 is 14.0. The van der Waals surface area contributed by atoms with Gasteiger partial charge in [-0.25, -0.2) is 9.18 Å². The van der Waals surface area contributed by atoms with Gasteiger partial charge in [0.25, 0.3) is 0 Å². The maximum atomic E-state index is 14.0. The fourth-order valence-electron chi connectivity index (χ4n) is 2.52. The fourth-order valence-corrected chi connectivity index (χ4v) is 2.75. The van der Waals surface area contributed by atoms with Crippen LogP contribution in [0.1, 0.15) is 24.0 Å². The predicted molar refractivity (Wildman–Crippen MR) is 90.2 cm³/mol. The lowest BCUT2D eigenvalue weighted by Crippen LogP contribution is -2.36. The van der Waals surface area contributed by atoms with E-state index in [1.165, 1.54) is 6.07 Å². The monoisotopic (exact) mass is 332 g/mol. The minimum Gasteiger partial charge on any atom is -0.317 e. The number of carbonyl (C=O) groups excluding carboxylic acids is 1. The third-order valence-electron chi connectivity index (χ3n) is 3.91. The Morgan fingerprint density at radius 2 is 2.04 bits per heavy atom. The van der Waals surface area contributed by atoms with Crippen LogP contribution in [0.25, 0.3) is 0 Å². The third-order valence-corrected chi connectivity index (χ3v) is 4.26. The molecule has 3 nitrogen and oxygen atoms in total. The van der Waals surface area contributed by atoms with Crippen LogP contribution >= 0.6 is 11.6 Å². The Kier molecular flexibility index (Phi) is 4.53. The molecule has 2 aromatic rings. The SMILES string of the molecule is Cc1cccc(NC(=O)N(Cc2c(F)cccc2Cl)C2CC2)c1. The molecule has 0 aromatic heterocycles. The highest BCUT2D eigenvalue weighted by atomic mass is 35.5. The summed E-state index contributed by atoms with van der Waals surface area (Å²) in [6.07, 6.45) is 1.88. The van der Waals surface area contributed by atoms with Gasteiger partial charge in [0.1, 0.15) is 5.82 Å². The lowest BCUT2D eigenvalue weighted by atomic mass is 10.2. The van der Waals surface area contributed by atoms with Crippen molar-refractivity contribution < 1.29 is 9.18 Å². The molecule has 5 heteroatoms. The van der Waals surface area contributed by atoms with Crippen LogP contribution in [0.4, 0.5) is 14.9 Å². The van der Waals surface area contributed by atoms with E-state index in [2.05, 4.69) is 5.32 Å². The average molecular weight is 333 g/mol. The molecule has 0 bridgehead atoms. The van der Waals surface area contributed by atoms with Crippen molar-refractivity contribution in [2.75, 3.05) is 5.32 Å². The van der Waals surface area contributed by atoms with Gasteiger partial charge in [-0.05, 0) is 49.6 Å². The highest BCUT2D eigenvalue weighted by molar-refractivity contribution is 6.31. The van der Waals surface area contributed by atoms with E-state index >= 15 is 0 Å². The second-order valence-corrected chi connectivity index (χ2v) is 6.27. The molecule has 1 aliphatic carbocycles. The molecule has 0 spiro atoms. The molecule has 3 rings (SSSR count). The van der Waals surface area contributed by atoms with Crippen LogP contribution < -0.4 is 5.32 Å². The maximum Gasteiger partial charge on any atom is 0.322 e. The molecule has 120 valence electrons. The van der Waals surface area contributed by atoms with Crippen molar-refractivity contribution in [1.82, 2.24) is 4.90 Å². The summed E-state index contributed by atoms with van der Waals surface area (Å²) in [6.45, 7) is 2.14. The van der Waals surface area contributed by atoms with E-state index < -0.39 is 0 Å². The Hall–Kier alpha value is -2.07. The van der Waals surface area contributed by atoms with Gasteiger partial charge in [0, 0.05) is 22.3 Å². The number of urea groups is 1. The summed E-state index contributed by atoms with van der Waals surface area (Å²) in [6, 6.07) is 12.1. The van der Waals surface area contributed by atoms with Gasteiger partial charge in [-0.3, -0.25) is 0 Å². The van der Waals surface area contributed by atoms with E-state index in [9.17, 15) is 9.18 Å². The van der Waals surface area contributed by atoms with Crippen molar-refractivity contribution in [2.24, 2.45) is 0 Å². The van der Waals surface area contributed by atoms with Gasteiger partial charge in [-0.2, -0.15) is 0 Å². The molecule has 1 N–H and O–H groups in total. The average Bonchev–Trinajstić information content (AvgIpc) is 3.31. The predicted octanol–water partition coefficient (Wildman–Crippen LogP) is 4.98. The standard InChI is InChI=1S/C18H18ClFN2O/c1-12-4-2-5-13(10-12)21-18(23)22(14-8-9-14)11-15-16(19)6-3-7-17(15)20/h2-7,10,14H,8-9,11H2,1H3,(H,21,23).